The molecule has 4 nitrogen and oxygen atoms in total. The molecule has 1 N–H and O–H groups in total. The van der Waals surface area contributed by atoms with E-state index in [9.17, 15) is 0 Å². The molecule has 68 valence electrons. The van der Waals surface area contributed by atoms with Crippen molar-refractivity contribution in [1.82, 2.24) is 15.0 Å². The molecular formula is C9H5ClN4. The molecular weight excluding hydrogens is 200 g/mol. The van der Waals surface area contributed by atoms with Gasteiger partial charge in [-0.25, -0.2) is 4.98 Å². The second-order valence-electron chi connectivity index (χ2n) is 2.60. The molecule has 0 aromatic carbocycles. The van der Waals surface area contributed by atoms with Crippen molar-refractivity contribution in [3.63, 3.8) is 0 Å². The standard InChI is InChI=1S/C9H5ClN4/c10-8-7(4-11)13-9(14-8)6-2-1-3-12-5-6/h1-3,5H,(H,13,14). The van der Waals surface area contributed by atoms with Crippen LogP contribution in [0.25, 0.3) is 11.4 Å². The van der Waals surface area contributed by atoms with Crippen LogP contribution < -0.4 is 0 Å². The van der Waals surface area contributed by atoms with Gasteiger partial charge < -0.3 is 4.98 Å². The van der Waals surface area contributed by atoms with Gasteiger partial charge in [0.25, 0.3) is 0 Å². The number of rotatable bonds is 1. The molecule has 0 atom stereocenters. The van der Waals surface area contributed by atoms with Crippen LogP contribution in [0, 0.1) is 11.3 Å². The lowest BCUT2D eigenvalue weighted by Crippen LogP contribution is -1.81. The second kappa shape index (κ2) is 3.48. The highest BCUT2D eigenvalue weighted by Gasteiger charge is 2.08. The predicted octanol–water partition coefficient (Wildman–Crippen LogP) is 2.00. The normalized spacial score (nSPS) is 9.71. The number of nitriles is 1. The smallest absolute Gasteiger partial charge is 0.178 e. The third-order valence-electron chi connectivity index (χ3n) is 1.70. The molecule has 0 aliphatic heterocycles. The summed E-state index contributed by atoms with van der Waals surface area (Å²) in [5, 5.41) is 8.90. The molecule has 0 fully saturated rings. The zero-order valence-electron chi connectivity index (χ0n) is 7.03. The summed E-state index contributed by atoms with van der Waals surface area (Å²) in [6, 6.07) is 5.52. The lowest BCUT2D eigenvalue weighted by Gasteiger charge is -1.92. The first kappa shape index (κ1) is 8.73. The number of aromatic amines is 1. The van der Waals surface area contributed by atoms with Gasteiger partial charge in [-0.05, 0) is 12.1 Å². The fourth-order valence-corrected chi connectivity index (χ4v) is 1.24. The van der Waals surface area contributed by atoms with Crippen LogP contribution in [-0.4, -0.2) is 15.0 Å². The first-order valence-electron chi connectivity index (χ1n) is 3.87. The minimum absolute atomic E-state index is 0.200. The first-order valence-corrected chi connectivity index (χ1v) is 4.25. The van der Waals surface area contributed by atoms with Gasteiger partial charge >= 0.3 is 0 Å². The third kappa shape index (κ3) is 1.45. The Labute approximate surface area is 85.2 Å². The quantitative estimate of drug-likeness (QED) is 0.773. The van der Waals surface area contributed by atoms with Crippen molar-refractivity contribution in [3.05, 3.63) is 35.4 Å². The Morgan fingerprint density at radius 3 is 2.93 bits per heavy atom. The van der Waals surface area contributed by atoms with E-state index in [1.807, 2.05) is 12.1 Å². The average Bonchev–Trinajstić information content (AvgIpc) is 2.61. The molecule has 0 aliphatic carbocycles. The summed E-state index contributed by atoms with van der Waals surface area (Å²) in [4.78, 5) is 10.8. The van der Waals surface area contributed by atoms with E-state index < -0.39 is 0 Å². The SMILES string of the molecule is N#Cc1nc(-c2cccnc2)[nH]c1Cl. The number of hydrogen-bond donors (Lipinski definition) is 1. The average molecular weight is 205 g/mol. The van der Waals surface area contributed by atoms with Gasteiger partial charge in [0.1, 0.15) is 17.0 Å². The summed E-state index contributed by atoms with van der Waals surface area (Å²) < 4.78 is 0. The van der Waals surface area contributed by atoms with Crippen LogP contribution in [0.3, 0.4) is 0 Å². The number of hydrogen-bond acceptors (Lipinski definition) is 3. The maximum absolute atomic E-state index is 8.65. The van der Waals surface area contributed by atoms with Crippen molar-refractivity contribution >= 4 is 11.6 Å². The lowest BCUT2D eigenvalue weighted by molar-refractivity contribution is 1.25. The number of H-pyrrole nitrogens is 1. The van der Waals surface area contributed by atoms with Crippen molar-refractivity contribution in [2.75, 3.05) is 0 Å². The van der Waals surface area contributed by atoms with E-state index in [1.165, 1.54) is 0 Å². The molecule has 0 amide bonds. The molecule has 0 saturated heterocycles. The number of imidazole rings is 1. The first-order chi connectivity index (χ1) is 6.81. The van der Waals surface area contributed by atoms with Gasteiger partial charge in [0, 0.05) is 18.0 Å². The van der Waals surface area contributed by atoms with Gasteiger partial charge in [-0.3, -0.25) is 4.98 Å². The van der Waals surface area contributed by atoms with Crippen LogP contribution in [0.4, 0.5) is 0 Å². The predicted molar refractivity (Wildman–Crippen MR) is 51.5 cm³/mol. The number of nitrogens with one attached hydrogen (secondary N) is 1. The summed E-state index contributed by atoms with van der Waals surface area (Å²) in [5.41, 5.74) is 1.00. The number of nitrogens with zero attached hydrogens (tertiary/aromatic N) is 3. The molecule has 2 aromatic rings. The highest BCUT2D eigenvalue weighted by atomic mass is 35.5. The summed E-state index contributed by atoms with van der Waals surface area (Å²) in [6.07, 6.45) is 3.32. The number of halogens is 1. The highest BCUT2D eigenvalue weighted by Crippen LogP contribution is 2.19. The van der Waals surface area contributed by atoms with E-state index in [2.05, 4.69) is 15.0 Å². The highest BCUT2D eigenvalue weighted by molar-refractivity contribution is 6.30. The summed E-state index contributed by atoms with van der Waals surface area (Å²) in [6.45, 7) is 0. The van der Waals surface area contributed by atoms with Crippen LogP contribution in [0.2, 0.25) is 5.15 Å². The van der Waals surface area contributed by atoms with E-state index in [4.69, 9.17) is 16.9 Å². The Morgan fingerprint density at radius 1 is 1.50 bits per heavy atom. The van der Waals surface area contributed by atoms with Gasteiger partial charge in [-0.15, -0.1) is 0 Å². The van der Waals surface area contributed by atoms with Gasteiger partial charge in [-0.1, -0.05) is 11.6 Å². The molecule has 0 aliphatic rings. The minimum Gasteiger partial charge on any atom is -0.328 e. The van der Waals surface area contributed by atoms with Crippen molar-refractivity contribution in [2.24, 2.45) is 0 Å². The number of aromatic nitrogens is 3. The maximum Gasteiger partial charge on any atom is 0.178 e. The zero-order valence-corrected chi connectivity index (χ0v) is 7.78. The Bertz CT molecular complexity index is 483. The molecule has 2 heterocycles. The van der Waals surface area contributed by atoms with Crippen LogP contribution in [0.1, 0.15) is 5.69 Å². The van der Waals surface area contributed by atoms with E-state index in [1.54, 1.807) is 18.5 Å². The fourth-order valence-electron chi connectivity index (χ4n) is 1.07. The molecule has 0 radical (unpaired) electrons. The van der Waals surface area contributed by atoms with Crippen molar-refractivity contribution < 1.29 is 0 Å². The van der Waals surface area contributed by atoms with Crippen LogP contribution in [-0.2, 0) is 0 Å². The Hall–Kier alpha value is -1.86. The fraction of sp³-hybridized carbons (Fsp3) is 0. The minimum atomic E-state index is 0.200. The van der Waals surface area contributed by atoms with Gasteiger partial charge in [0.15, 0.2) is 5.69 Å². The topological polar surface area (TPSA) is 65.4 Å². The second-order valence-corrected chi connectivity index (χ2v) is 2.98. The van der Waals surface area contributed by atoms with Gasteiger partial charge in [-0.2, -0.15) is 5.26 Å². The summed E-state index contributed by atoms with van der Waals surface area (Å²) >= 11 is 5.73. The monoisotopic (exact) mass is 204 g/mol. The molecule has 0 unspecified atom stereocenters. The van der Waals surface area contributed by atoms with Crippen molar-refractivity contribution in [2.45, 2.75) is 0 Å². The molecule has 2 aromatic heterocycles. The lowest BCUT2D eigenvalue weighted by atomic mass is 10.3. The van der Waals surface area contributed by atoms with Crippen LogP contribution in [0.15, 0.2) is 24.5 Å². The van der Waals surface area contributed by atoms with E-state index in [-0.39, 0.29) is 10.8 Å². The van der Waals surface area contributed by atoms with Crippen molar-refractivity contribution in [3.8, 4) is 17.5 Å². The van der Waals surface area contributed by atoms with Gasteiger partial charge in [0.05, 0.1) is 0 Å². The van der Waals surface area contributed by atoms with E-state index >= 15 is 0 Å². The van der Waals surface area contributed by atoms with E-state index in [0.717, 1.165) is 5.56 Å². The molecule has 0 spiro atoms. The molecule has 2 rings (SSSR count). The zero-order chi connectivity index (χ0) is 9.97. The van der Waals surface area contributed by atoms with Gasteiger partial charge in [0.2, 0.25) is 0 Å². The molecule has 5 heteroatoms. The number of pyridine rings is 1. The van der Waals surface area contributed by atoms with Crippen molar-refractivity contribution in [1.29, 1.82) is 5.26 Å². The molecule has 0 saturated carbocycles. The Kier molecular flexibility index (Phi) is 2.17. The molecule has 14 heavy (non-hydrogen) atoms. The molecule has 0 bridgehead atoms. The third-order valence-corrected chi connectivity index (χ3v) is 1.97. The van der Waals surface area contributed by atoms with E-state index in [0.29, 0.717) is 5.82 Å². The largest absolute Gasteiger partial charge is 0.328 e. The maximum atomic E-state index is 8.65. The summed E-state index contributed by atoms with van der Waals surface area (Å²) in [5.74, 6) is 0.555. The van der Waals surface area contributed by atoms with Crippen LogP contribution >= 0.6 is 11.6 Å². The Balaban J connectivity index is 2.50. The van der Waals surface area contributed by atoms with Crippen LogP contribution in [0.5, 0.6) is 0 Å². The Morgan fingerprint density at radius 2 is 2.36 bits per heavy atom. The summed E-state index contributed by atoms with van der Waals surface area (Å²) in [7, 11) is 0.